The van der Waals surface area contributed by atoms with Crippen LogP contribution in [0.2, 0.25) is 0 Å². The number of benzene rings is 1. The maximum absolute atomic E-state index is 13.5. The zero-order valence-electron chi connectivity index (χ0n) is 21.1. The van der Waals surface area contributed by atoms with Gasteiger partial charge in [-0.3, -0.25) is 0 Å². The van der Waals surface area contributed by atoms with E-state index in [0.29, 0.717) is 32.2 Å². The molecular formula is C26H35N5O4S2. The van der Waals surface area contributed by atoms with E-state index in [0.717, 1.165) is 74.6 Å². The molecule has 1 aromatic carbocycles. The average Bonchev–Trinajstić information content (AvgIpc) is 3.64. The van der Waals surface area contributed by atoms with Crippen molar-refractivity contribution in [2.24, 2.45) is 4.36 Å². The van der Waals surface area contributed by atoms with Crippen molar-refractivity contribution in [2.75, 3.05) is 11.9 Å². The highest BCUT2D eigenvalue weighted by atomic mass is 32.2. The molecule has 0 spiro atoms. The molecule has 9 nitrogen and oxygen atoms in total. The minimum atomic E-state index is -3.57. The molecule has 4 aliphatic rings. The monoisotopic (exact) mass is 545 g/mol. The summed E-state index contributed by atoms with van der Waals surface area (Å²) in [4.78, 5) is 13.0. The zero-order chi connectivity index (χ0) is 26.0. The average molecular weight is 546 g/mol. The number of carbonyl (C=O) groups is 1. The molecule has 1 heterocycles. The lowest BCUT2D eigenvalue weighted by molar-refractivity contribution is 0.257. The van der Waals surface area contributed by atoms with Crippen LogP contribution >= 0.6 is 0 Å². The van der Waals surface area contributed by atoms with Gasteiger partial charge in [0.2, 0.25) is 16.2 Å². The van der Waals surface area contributed by atoms with Gasteiger partial charge < -0.3 is 5.32 Å². The van der Waals surface area contributed by atoms with E-state index in [1.807, 2.05) is 0 Å². The normalized spacial score (nSPS) is 23.8. The van der Waals surface area contributed by atoms with Gasteiger partial charge in [0, 0.05) is 23.7 Å². The van der Waals surface area contributed by atoms with Gasteiger partial charge in [-0.2, -0.15) is 9.57 Å². The summed E-state index contributed by atoms with van der Waals surface area (Å²) in [7, 11) is -7.04. The van der Waals surface area contributed by atoms with Crippen LogP contribution in [-0.4, -0.2) is 40.8 Å². The van der Waals surface area contributed by atoms with Crippen molar-refractivity contribution < 1.29 is 17.4 Å². The molecule has 0 radical (unpaired) electrons. The molecule has 1 aromatic rings. The molecule has 3 aliphatic carbocycles. The highest BCUT2D eigenvalue weighted by Gasteiger charge is 2.38. The molecule has 0 bridgehead atoms. The third kappa shape index (κ3) is 5.42. The Labute approximate surface area is 220 Å². The Hall–Kier alpha value is -2.42. The largest absolute Gasteiger partial charge is 0.331 e. The number of amides is 2. The quantitative estimate of drug-likeness (QED) is 0.515. The van der Waals surface area contributed by atoms with Gasteiger partial charge in [-0.05, 0) is 86.5 Å². The number of sulfonamides is 1. The second-order valence-electron chi connectivity index (χ2n) is 10.5. The Balaban J connectivity index is 1.33. The predicted molar refractivity (Wildman–Crippen MR) is 143 cm³/mol. The number of urea groups is 1. The highest BCUT2D eigenvalue weighted by molar-refractivity contribution is 7.95. The van der Waals surface area contributed by atoms with E-state index in [-0.39, 0.29) is 5.25 Å². The van der Waals surface area contributed by atoms with Crippen molar-refractivity contribution in [1.29, 1.82) is 5.26 Å². The number of nitrogens with one attached hydrogen (secondary N) is 2. The number of rotatable bonds is 6. The van der Waals surface area contributed by atoms with Gasteiger partial charge in [0.1, 0.15) is 0 Å². The van der Waals surface area contributed by atoms with Crippen LogP contribution in [0.1, 0.15) is 80.0 Å². The van der Waals surface area contributed by atoms with Crippen LogP contribution in [-0.2, 0) is 45.6 Å². The topological polar surface area (TPSA) is 132 Å². The van der Waals surface area contributed by atoms with Gasteiger partial charge in [-0.25, -0.2) is 22.1 Å². The summed E-state index contributed by atoms with van der Waals surface area (Å²) in [6.45, 7) is 0.419. The highest BCUT2D eigenvalue weighted by Crippen LogP contribution is 2.38. The molecule has 2 amide bonds. The Morgan fingerprint density at radius 3 is 2.30 bits per heavy atom. The van der Waals surface area contributed by atoms with Gasteiger partial charge in [0.05, 0.1) is 5.25 Å². The van der Waals surface area contributed by atoms with Crippen molar-refractivity contribution in [3.05, 3.63) is 39.8 Å². The van der Waals surface area contributed by atoms with Crippen LogP contribution in [0.15, 0.2) is 21.9 Å². The fourth-order valence-corrected chi connectivity index (χ4v) is 9.67. The SMILES string of the molecule is N#CN=S(=O)(/C=C/[C@H]1CCCN1S(=O)(=O)C1CCCCC1)NC(=O)Nc1c2c(cc3c1CCC3)CCC2. The van der Waals surface area contributed by atoms with Gasteiger partial charge in [-0.15, -0.1) is 0 Å². The molecule has 0 aromatic heterocycles. The van der Waals surface area contributed by atoms with E-state index < -0.39 is 32.0 Å². The minimum absolute atomic E-state index is 0.373. The molecule has 1 saturated heterocycles. The summed E-state index contributed by atoms with van der Waals surface area (Å²) in [6, 6.07) is 1.12. The summed E-state index contributed by atoms with van der Waals surface area (Å²) >= 11 is 0. The van der Waals surface area contributed by atoms with Crippen LogP contribution in [0.5, 0.6) is 0 Å². The molecule has 37 heavy (non-hydrogen) atoms. The van der Waals surface area contributed by atoms with E-state index >= 15 is 0 Å². The molecule has 1 aliphatic heterocycles. The first kappa shape index (κ1) is 26.2. The van der Waals surface area contributed by atoms with Gasteiger partial charge in [0.25, 0.3) is 0 Å². The second-order valence-corrected chi connectivity index (χ2v) is 14.5. The van der Waals surface area contributed by atoms with Crippen LogP contribution in [0.25, 0.3) is 0 Å². The van der Waals surface area contributed by atoms with E-state index in [1.54, 1.807) is 6.19 Å². The molecular weight excluding hydrogens is 510 g/mol. The molecule has 1 unspecified atom stereocenters. The van der Waals surface area contributed by atoms with Gasteiger partial charge in [0.15, 0.2) is 9.92 Å². The number of nitrogens with zero attached hydrogens (tertiary/aromatic N) is 3. The van der Waals surface area contributed by atoms with E-state index in [2.05, 4.69) is 20.5 Å². The number of nitriles is 1. The number of hydrogen-bond acceptors (Lipinski definition) is 6. The molecule has 5 rings (SSSR count). The summed E-state index contributed by atoms with van der Waals surface area (Å²) in [5, 5.41) is 12.9. The van der Waals surface area contributed by atoms with Crippen LogP contribution in [0.4, 0.5) is 10.5 Å². The predicted octanol–water partition coefficient (Wildman–Crippen LogP) is 4.29. The molecule has 200 valence electrons. The first-order valence-corrected chi connectivity index (χ1v) is 16.5. The fourth-order valence-electron chi connectivity index (χ4n) is 6.41. The Morgan fingerprint density at radius 1 is 0.973 bits per heavy atom. The summed E-state index contributed by atoms with van der Waals surface area (Å²) in [6.07, 6.45) is 14.5. The van der Waals surface area contributed by atoms with Crippen molar-refractivity contribution in [3.8, 4) is 6.19 Å². The number of anilines is 1. The van der Waals surface area contributed by atoms with Crippen molar-refractivity contribution in [1.82, 2.24) is 9.03 Å². The van der Waals surface area contributed by atoms with Crippen LogP contribution < -0.4 is 10.0 Å². The molecule has 11 heteroatoms. The molecule has 2 fully saturated rings. The molecule has 2 atom stereocenters. The lowest BCUT2D eigenvalue weighted by Gasteiger charge is -2.29. The standard InChI is InChI=1S/C26H35N5O4S2/c27-18-28-36(33,16-14-21-9-6-15-31(21)37(34,35)22-10-2-1-3-11-22)30-26(32)29-25-23-12-4-7-19(23)17-20-8-5-13-24(20)25/h14,16-17,21-22H,1-13,15H2,(H2,28,29,30,32,33)/b16-14+/t21-,36?/m1/s1. The van der Waals surface area contributed by atoms with Crippen molar-refractivity contribution in [2.45, 2.75) is 94.8 Å². The minimum Gasteiger partial charge on any atom is -0.307 e. The summed E-state index contributed by atoms with van der Waals surface area (Å²) in [5.74, 6) is 0. The Morgan fingerprint density at radius 2 is 1.65 bits per heavy atom. The Bertz CT molecular complexity index is 1330. The molecule has 1 saturated carbocycles. The number of fused-ring (bicyclic) bond motifs is 2. The number of hydrogen-bond donors (Lipinski definition) is 2. The van der Waals surface area contributed by atoms with Crippen molar-refractivity contribution >= 4 is 31.7 Å². The smallest absolute Gasteiger partial charge is 0.307 e. The summed E-state index contributed by atoms with van der Waals surface area (Å²) in [5.41, 5.74) is 5.62. The second kappa shape index (κ2) is 10.8. The van der Waals surface area contributed by atoms with E-state index in [4.69, 9.17) is 0 Å². The first-order chi connectivity index (χ1) is 17.8. The lowest BCUT2D eigenvalue weighted by atomic mass is 9.99. The lowest BCUT2D eigenvalue weighted by Crippen LogP contribution is -2.42. The molecule has 2 N–H and O–H groups in total. The zero-order valence-corrected chi connectivity index (χ0v) is 22.7. The third-order valence-electron chi connectivity index (χ3n) is 8.16. The maximum Gasteiger partial charge on any atom is 0.331 e. The van der Waals surface area contributed by atoms with Gasteiger partial charge >= 0.3 is 6.03 Å². The van der Waals surface area contributed by atoms with Crippen molar-refractivity contribution in [3.63, 3.8) is 0 Å². The first-order valence-electron chi connectivity index (χ1n) is 13.4. The Kier molecular flexibility index (Phi) is 7.61. The third-order valence-corrected chi connectivity index (χ3v) is 11.9. The fraction of sp³-hybridized carbons (Fsp3) is 0.615. The maximum atomic E-state index is 13.5. The van der Waals surface area contributed by atoms with Crippen LogP contribution in [0.3, 0.4) is 0 Å². The van der Waals surface area contributed by atoms with E-state index in [1.165, 1.54) is 26.9 Å². The van der Waals surface area contributed by atoms with Gasteiger partial charge in [-0.1, -0.05) is 35.8 Å². The number of aryl methyl sites for hydroxylation is 2. The summed E-state index contributed by atoms with van der Waals surface area (Å²) < 4.78 is 47.4. The number of carbonyl (C=O) groups excluding carboxylic acids is 1. The van der Waals surface area contributed by atoms with E-state index in [9.17, 15) is 22.7 Å². The van der Waals surface area contributed by atoms with Crippen LogP contribution in [0, 0.1) is 11.5 Å².